The third kappa shape index (κ3) is 5.38. The SMILES string of the molecule is O=C(NC1CCCCCC1)N[C@H](CCO)c1ccccc1. The van der Waals surface area contributed by atoms with Crippen LogP contribution >= 0.6 is 0 Å². The summed E-state index contributed by atoms with van der Waals surface area (Å²) in [5.74, 6) is 0. The second-order valence-corrected chi connectivity index (χ2v) is 5.78. The zero-order chi connectivity index (χ0) is 14.9. The van der Waals surface area contributed by atoms with Gasteiger partial charge in [-0.3, -0.25) is 0 Å². The number of rotatable bonds is 5. The smallest absolute Gasteiger partial charge is 0.315 e. The molecule has 1 aromatic rings. The van der Waals surface area contributed by atoms with Crippen molar-refractivity contribution in [3.63, 3.8) is 0 Å². The van der Waals surface area contributed by atoms with E-state index in [9.17, 15) is 9.90 Å². The molecule has 4 nitrogen and oxygen atoms in total. The standard InChI is InChI=1S/C17H26N2O2/c20-13-12-16(14-8-4-3-5-9-14)19-17(21)18-15-10-6-1-2-7-11-15/h3-5,8-9,15-16,20H,1-2,6-7,10-13H2,(H2,18,19,21)/t16-/m1/s1. The quantitative estimate of drug-likeness (QED) is 0.730. The van der Waals surface area contributed by atoms with E-state index in [1.165, 1.54) is 25.7 Å². The molecular formula is C17H26N2O2. The lowest BCUT2D eigenvalue weighted by atomic mass is 10.0. The van der Waals surface area contributed by atoms with Crippen LogP contribution in [0.4, 0.5) is 4.79 Å². The molecule has 4 heteroatoms. The maximum atomic E-state index is 12.2. The Bertz CT molecular complexity index is 414. The molecule has 2 rings (SSSR count). The Labute approximate surface area is 126 Å². The van der Waals surface area contributed by atoms with Gasteiger partial charge in [0, 0.05) is 12.6 Å². The molecule has 0 heterocycles. The fourth-order valence-electron chi connectivity index (χ4n) is 2.95. The van der Waals surface area contributed by atoms with Crippen LogP contribution in [0.15, 0.2) is 30.3 Å². The van der Waals surface area contributed by atoms with Crippen molar-refractivity contribution < 1.29 is 9.90 Å². The van der Waals surface area contributed by atoms with Crippen LogP contribution in [0.3, 0.4) is 0 Å². The average molecular weight is 290 g/mol. The van der Waals surface area contributed by atoms with E-state index in [1.807, 2.05) is 30.3 Å². The maximum Gasteiger partial charge on any atom is 0.315 e. The molecule has 0 bridgehead atoms. The summed E-state index contributed by atoms with van der Waals surface area (Å²) < 4.78 is 0. The summed E-state index contributed by atoms with van der Waals surface area (Å²) in [5.41, 5.74) is 1.03. The molecule has 1 saturated carbocycles. The number of hydrogen-bond acceptors (Lipinski definition) is 2. The van der Waals surface area contributed by atoms with Gasteiger partial charge in [-0.25, -0.2) is 4.79 Å². The van der Waals surface area contributed by atoms with E-state index in [0.29, 0.717) is 6.42 Å². The lowest BCUT2D eigenvalue weighted by Gasteiger charge is -2.22. The van der Waals surface area contributed by atoms with Gasteiger partial charge in [-0.2, -0.15) is 0 Å². The minimum Gasteiger partial charge on any atom is -0.396 e. The van der Waals surface area contributed by atoms with Crippen LogP contribution in [0.5, 0.6) is 0 Å². The molecule has 0 saturated heterocycles. The predicted molar refractivity (Wildman–Crippen MR) is 84.0 cm³/mol. The highest BCUT2D eigenvalue weighted by Crippen LogP contribution is 2.18. The van der Waals surface area contributed by atoms with E-state index in [2.05, 4.69) is 10.6 Å². The van der Waals surface area contributed by atoms with E-state index in [1.54, 1.807) is 0 Å². The fraction of sp³-hybridized carbons (Fsp3) is 0.588. The summed E-state index contributed by atoms with van der Waals surface area (Å²) in [6.45, 7) is 0.0588. The van der Waals surface area contributed by atoms with Crippen molar-refractivity contribution in [3.05, 3.63) is 35.9 Å². The molecule has 21 heavy (non-hydrogen) atoms. The molecule has 0 aromatic heterocycles. The highest BCUT2D eigenvalue weighted by Gasteiger charge is 2.18. The van der Waals surface area contributed by atoms with E-state index in [0.717, 1.165) is 18.4 Å². The predicted octanol–water partition coefficient (Wildman–Crippen LogP) is 3.13. The van der Waals surface area contributed by atoms with E-state index < -0.39 is 0 Å². The minimum atomic E-state index is -0.137. The summed E-state index contributed by atoms with van der Waals surface area (Å²) in [6.07, 6.45) is 7.62. The van der Waals surface area contributed by atoms with Gasteiger partial charge in [-0.05, 0) is 24.8 Å². The second kappa shape index (κ2) is 8.67. The highest BCUT2D eigenvalue weighted by molar-refractivity contribution is 5.74. The third-order valence-electron chi connectivity index (χ3n) is 4.12. The van der Waals surface area contributed by atoms with Crippen molar-refractivity contribution in [2.45, 2.75) is 57.0 Å². The van der Waals surface area contributed by atoms with Crippen molar-refractivity contribution in [2.75, 3.05) is 6.61 Å². The molecule has 0 aliphatic heterocycles. The normalized spacial score (nSPS) is 17.8. The summed E-state index contributed by atoms with van der Waals surface area (Å²) in [4.78, 5) is 12.2. The monoisotopic (exact) mass is 290 g/mol. The molecular weight excluding hydrogens is 264 g/mol. The highest BCUT2D eigenvalue weighted by atomic mass is 16.3. The zero-order valence-corrected chi connectivity index (χ0v) is 12.6. The van der Waals surface area contributed by atoms with Crippen LogP contribution in [0.1, 0.15) is 56.6 Å². The number of carbonyl (C=O) groups excluding carboxylic acids is 1. The van der Waals surface area contributed by atoms with Gasteiger partial charge in [0.1, 0.15) is 0 Å². The Morgan fingerprint density at radius 1 is 1.14 bits per heavy atom. The molecule has 2 amide bonds. The van der Waals surface area contributed by atoms with Crippen molar-refractivity contribution in [1.29, 1.82) is 0 Å². The van der Waals surface area contributed by atoms with Crippen molar-refractivity contribution in [2.24, 2.45) is 0 Å². The van der Waals surface area contributed by atoms with Gasteiger partial charge in [-0.15, -0.1) is 0 Å². The van der Waals surface area contributed by atoms with Gasteiger partial charge in [0.05, 0.1) is 6.04 Å². The summed E-state index contributed by atoms with van der Waals surface area (Å²) in [6, 6.07) is 9.84. The number of aliphatic hydroxyl groups excluding tert-OH is 1. The average Bonchev–Trinajstić information content (AvgIpc) is 2.76. The molecule has 1 aliphatic carbocycles. The van der Waals surface area contributed by atoms with E-state index in [4.69, 9.17) is 0 Å². The van der Waals surface area contributed by atoms with Gasteiger partial charge < -0.3 is 15.7 Å². The maximum absolute atomic E-state index is 12.2. The number of carbonyl (C=O) groups is 1. The number of benzene rings is 1. The van der Waals surface area contributed by atoms with Gasteiger partial charge in [0.25, 0.3) is 0 Å². The Hall–Kier alpha value is -1.55. The molecule has 3 N–H and O–H groups in total. The molecule has 116 valence electrons. The first-order chi connectivity index (χ1) is 10.3. The van der Waals surface area contributed by atoms with Gasteiger partial charge in [-0.1, -0.05) is 56.0 Å². The number of amides is 2. The number of aliphatic hydroxyl groups is 1. The largest absolute Gasteiger partial charge is 0.396 e. The van der Waals surface area contributed by atoms with Crippen molar-refractivity contribution in [1.82, 2.24) is 10.6 Å². The first-order valence-corrected chi connectivity index (χ1v) is 8.02. The Morgan fingerprint density at radius 3 is 2.43 bits per heavy atom. The first kappa shape index (κ1) is 15.8. The van der Waals surface area contributed by atoms with Crippen molar-refractivity contribution in [3.8, 4) is 0 Å². The molecule has 0 spiro atoms. The molecule has 1 aliphatic rings. The van der Waals surface area contributed by atoms with E-state index in [-0.39, 0.29) is 24.7 Å². The molecule has 1 aromatic carbocycles. The number of nitrogens with one attached hydrogen (secondary N) is 2. The van der Waals surface area contributed by atoms with Gasteiger partial charge in [0.2, 0.25) is 0 Å². The summed E-state index contributed by atoms with van der Waals surface area (Å²) in [5, 5.41) is 15.3. The van der Waals surface area contributed by atoms with Crippen LogP contribution in [0.25, 0.3) is 0 Å². The Kier molecular flexibility index (Phi) is 6.54. The van der Waals surface area contributed by atoms with Crippen LogP contribution in [-0.2, 0) is 0 Å². The third-order valence-corrected chi connectivity index (χ3v) is 4.12. The van der Waals surface area contributed by atoms with Crippen LogP contribution in [-0.4, -0.2) is 23.8 Å². The Morgan fingerprint density at radius 2 is 1.81 bits per heavy atom. The van der Waals surface area contributed by atoms with Gasteiger partial charge in [0.15, 0.2) is 0 Å². The second-order valence-electron chi connectivity index (χ2n) is 5.78. The number of urea groups is 1. The topological polar surface area (TPSA) is 61.4 Å². The Balaban J connectivity index is 1.88. The molecule has 1 atom stereocenters. The lowest BCUT2D eigenvalue weighted by molar-refractivity contribution is 0.224. The van der Waals surface area contributed by atoms with Crippen LogP contribution in [0.2, 0.25) is 0 Å². The van der Waals surface area contributed by atoms with Crippen LogP contribution in [0, 0.1) is 0 Å². The van der Waals surface area contributed by atoms with E-state index >= 15 is 0 Å². The van der Waals surface area contributed by atoms with Crippen LogP contribution < -0.4 is 10.6 Å². The fourth-order valence-corrected chi connectivity index (χ4v) is 2.95. The number of hydrogen-bond donors (Lipinski definition) is 3. The molecule has 1 fully saturated rings. The lowest BCUT2D eigenvalue weighted by Crippen LogP contribution is -2.43. The van der Waals surface area contributed by atoms with Crippen molar-refractivity contribution >= 4 is 6.03 Å². The first-order valence-electron chi connectivity index (χ1n) is 8.02. The molecule has 0 unspecified atom stereocenters. The zero-order valence-electron chi connectivity index (χ0n) is 12.6. The minimum absolute atomic E-state index is 0.0588. The summed E-state index contributed by atoms with van der Waals surface area (Å²) in [7, 11) is 0. The summed E-state index contributed by atoms with van der Waals surface area (Å²) >= 11 is 0. The molecule has 0 radical (unpaired) electrons. The van der Waals surface area contributed by atoms with Gasteiger partial charge >= 0.3 is 6.03 Å².